The standard InChI is InChI=1S/C14H19N3O2S/c1-3-5-8-16-13(18)11(4-2)20-14-17-12-10(19-14)7-6-9-15-12/h6-7,9,11H,3-5,8H2,1-2H3,(H,16,18)/t11-/m0/s1. The minimum Gasteiger partial charge on any atom is -0.430 e. The number of pyridine rings is 1. The van der Waals surface area contributed by atoms with Crippen molar-refractivity contribution in [1.29, 1.82) is 0 Å². The number of hydrogen-bond acceptors (Lipinski definition) is 5. The van der Waals surface area contributed by atoms with Crippen LogP contribution in [-0.2, 0) is 4.79 Å². The molecule has 0 radical (unpaired) electrons. The van der Waals surface area contributed by atoms with Gasteiger partial charge in [-0.3, -0.25) is 4.79 Å². The molecule has 1 atom stereocenters. The third kappa shape index (κ3) is 3.72. The zero-order valence-corrected chi connectivity index (χ0v) is 12.6. The van der Waals surface area contributed by atoms with Crippen molar-refractivity contribution in [2.75, 3.05) is 6.54 Å². The Balaban J connectivity index is 2.00. The lowest BCUT2D eigenvalue weighted by molar-refractivity contribution is -0.120. The van der Waals surface area contributed by atoms with E-state index in [1.807, 2.05) is 13.0 Å². The number of rotatable bonds is 7. The predicted octanol–water partition coefficient (Wildman–Crippen LogP) is 3.01. The second-order valence-corrected chi connectivity index (χ2v) is 5.62. The van der Waals surface area contributed by atoms with Gasteiger partial charge in [-0.2, -0.15) is 4.98 Å². The number of thioether (sulfide) groups is 1. The summed E-state index contributed by atoms with van der Waals surface area (Å²) in [6.45, 7) is 4.81. The number of nitrogens with one attached hydrogen (secondary N) is 1. The molecule has 0 fully saturated rings. The fraction of sp³-hybridized carbons (Fsp3) is 0.500. The fourth-order valence-electron chi connectivity index (χ4n) is 1.75. The van der Waals surface area contributed by atoms with Crippen molar-refractivity contribution in [3.63, 3.8) is 0 Å². The lowest BCUT2D eigenvalue weighted by Crippen LogP contribution is -2.32. The number of nitrogens with zero attached hydrogens (tertiary/aromatic N) is 2. The Labute approximate surface area is 122 Å². The minimum absolute atomic E-state index is 0.0427. The van der Waals surface area contributed by atoms with Crippen LogP contribution in [0.5, 0.6) is 0 Å². The Hall–Kier alpha value is -1.56. The van der Waals surface area contributed by atoms with Gasteiger partial charge in [-0.25, -0.2) is 4.98 Å². The highest BCUT2D eigenvalue weighted by molar-refractivity contribution is 8.00. The lowest BCUT2D eigenvalue weighted by atomic mass is 10.3. The molecule has 1 N–H and O–H groups in total. The van der Waals surface area contributed by atoms with Gasteiger partial charge in [-0.1, -0.05) is 32.0 Å². The van der Waals surface area contributed by atoms with E-state index in [2.05, 4.69) is 22.2 Å². The number of hydrogen-bond donors (Lipinski definition) is 1. The number of amides is 1. The van der Waals surface area contributed by atoms with E-state index in [1.165, 1.54) is 11.8 Å². The molecule has 6 heteroatoms. The van der Waals surface area contributed by atoms with Crippen LogP contribution >= 0.6 is 11.8 Å². The maximum Gasteiger partial charge on any atom is 0.259 e. The van der Waals surface area contributed by atoms with E-state index in [9.17, 15) is 4.79 Å². The van der Waals surface area contributed by atoms with Gasteiger partial charge in [0.25, 0.3) is 5.22 Å². The van der Waals surface area contributed by atoms with Crippen LogP contribution in [-0.4, -0.2) is 27.7 Å². The molecule has 5 nitrogen and oxygen atoms in total. The van der Waals surface area contributed by atoms with Gasteiger partial charge in [0.15, 0.2) is 11.2 Å². The van der Waals surface area contributed by atoms with Gasteiger partial charge < -0.3 is 9.73 Å². The average molecular weight is 293 g/mol. The van der Waals surface area contributed by atoms with Crippen molar-refractivity contribution in [3.05, 3.63) is 18.3 Å². The molecule has 0 aliphatic rings. The molecule has 2 rings (SSSR count). The predicted molar refractivity (Wildman–Crippen MR) is 79.7 cm³/mol. The monoisotopic (exact) mass is 293 g/mol. The van der Waals surface area contributed by atoms with Crippen molar-refractivity contribution in [2.45, 2.75) is 43.6 Å². The smallest absolute Gasteiger partial charge is 0.259 e. The summed E-state index contributed by atoms with van der Waals surface area (Å²) < 4.78 is 5.59. The number of oxazole rings is 1. The maximum absolute atomic E-state index is 12.1. The molecule has 0 bridgehead atoms. The second-order valence-electron chi connectivity index (χ2n) is 4.46. The van der Waals surface area contributed by atoms with E-state index in [0.717, 1.165) is 25.8 Å². The van der Waals surface area contributed by atoms with Crippen LogP contribution in [0.2, 0.25) is 0 Å². The van der Waals surface area contributed by atoms with Gasteiger partial charge in [0, 0.05) is 12.7 Å². The Morgan fingerprint density at radius 2 is 2.35 bits per heavy atom. The van der Waals surface area contributed by atoms with E-state index in [1.54, 1.807) is 12.3 Å². The first-order valence-electron chi connectivity index (χ1n) is 6.90. The molecule has 1 amide bonds. The number of carbonyl (C=O) groups excluding carboxylic acids is 1. The summed E-state index contributed by atoms with van der Waals surface area (Å²) in [6.07, 6.45) is 4.48. The minimum atomic E-state index is -0.181. The van der Waals surface area contributed by atoms with E-state index in [0.29, 0.717) is 16.5 Å². The quantitative estimate of drug-likeness (QED) is 0.628. The van der Waals surface area contributed by atoms with Gasteiger partial charge in [0.1, 0.15) is 0 Å². The molecular weight excluding hydrogens is 274 g/mol. The third-order valence-electron chi connectivity index (χ3n) is 2.88. The van der Waals surface area contributed by atoms with Crippen molar-refractivity contribution in [3.8, 4) is 0 Å². The Bertz CT molecular complexity index is 537. The van der Waals surface area contributed by atoms with Gasteiger partial charge in [0.2, 0.25) is 5.91 Å². The van der Waals surface area contributed by atoms with Crippen LogP contribution in [0.15, 0.2) is 28.0 Å². The van der Waals surface area contributed by atoms with Crippen LogP contribution in [0.1, 0.15) is 33.1 Å². The summed E-state index contributed by atoms with van der Waals surface area (Å²) in [7, 11) is 0. The van der Waals surface area contributed by atoms with Gasteiger partial charge in [-0.15, -0.1) is 0 Å². The highest BCUT2D eigenvalue weighted by Gasteiger charge is 2.20. The van der Waals surface area contributed by atoms with E-state index < -0.39 is 0 Å². The van der Waals surface area contributed by atoms with Gasteiger partial charge in [-0.05, 0) is 25.0 Å². The number of aromatic nitrogens is 2. The second kappa shape index (κ2) is 7.28. The number of unbranched alkanes of at least 4 members (excludes halogenated alkanes) is 1. The Morgan fingerprint density at radius 3 is 3.05 bits per heavy atom. The molecule has 20 heavy (non-hydrogen) atoms. The summed E-state index contributed by atoms with van der Waals surface area (Å²) in [5.74, 6) is 0.0427. The zero-order chi connectivity index (χ0) is 14.4. The van der Waals surface area contributed by atoms with Crippen LogP contribution in [0, 0.1) is 0 Å². The van der Waals surface area contributed by atoms with Gasteiger partial charge >= 0.3 is 0 Å². The molecule has 108 valence electrons. The first-order chi connectivity index (χ1) is 9.74. The molecule has 2 aromatic rings. The first kappa shape index (κ1) is 14.8. The molecule has 0 aromatic carbocycles. The van der Waals surface area contributed by atoms with Crippen molar-refractivity contribution < 1.29 is 9.21 Å². The van der Waals surface area contributed by atoms with Crippen molar-refractivity contribution in [1.82, 2.24) is 15.3 Å². The number of carbonyl (C=O) groups is 1. The molecule has 2 heterocycles. The molecule has 0 aliphatic heterocycles. The van der Waals surface area contributed by atoms with Crippen molar-refractivity contribution in [2.24, 2.45) is 0 Å². The van der Waals surface area contributed by atoms with Crippen LogP contribution < -0.4 is 5.32 Å². The van der Waals surface area contributed by atoms with E-state index in [4.69, 9.17) is 4.42 Å². The summed E-state index contributed by atoms with van der Waals surface area (Å²) in [6, 6.07) is 3.62. The van der Waals surface area contributed by atoms with Crippen LogP contribution in [0.3, 0.4) is 0 Å². The summed E-state index contributed by atoms with van der Waals surface area (Å²) in [5, 5.41) is 3.26. The largest absolute Gasteiger partial charge is 0.430 e. The normalized spacial score (nSPS) is 12.5. The summed E-state index contributed by atoms with van der Waals surface area (Å²) >= 11 is 1.35. The first-order valence-corrected chi connectivity index (χ1v) is 7.78. The third-order valence-corrected chi connectivity index (χ3v) is 4.09. The number of fused-ring (bicyclic) bond motifs is 1. The van der Waals surface area contributed by atoms with Gasteiger partial charge in [0.05, 0.1) is 5.25 Å². The van der Waals surface area contributed by atoms with E-state index >= 15 is 0 Å². The van der Waals surface area contributed by atoms with E-state index in [-0.39, 0.29) is 11.2 Å². The lowest BCUT2D eigenvalue weighted by Gasteiger charge is -2.12. The Kier molecular flexibility index (Phi) is 5.40. The average Bonchev–Trinajstić information content (AvgIpc) is 2.87. The summed E-state index contributed by atoms with van der Waals surface area (Å²) in [5.41, 5.74) is 1.23. The highest BCUT2D eigenvalue weighted by atomic mass is 32.2. The van der Waals surface area contributed by atoms with Crippen LogP contribution in [0.25, 0.3) is 11.2 Å². The molecule has 0 unspecified atom stereocenters. The molecule has 2 aromatic heterocycles. The van der Waals surface area contributed by atoms with Crippen LogP contribution in [0.4, 0.5) is 0 Å². The molecule has 0 saturated carbocycles. The maximum atomic E-state index is 12.1. The fourth-order valence-corrected chi connectivity index (χ4v) is 2.62. The summed E-state index contributed by atoms with van der Waals surface area (Å²) in [4.78, 5) is 20.5. The zero-order valence-electron chi connectivity index (χ0n) is 11.8. The van der Waals surface area contributed by atoms with Crippen molar-refractivity contribution >= 4 is 28.9 Å². The molecule has 0 spiro atoms. The molecule has 0 saturated heterocycles. The highest BCUT2D eigenvalue weighted by Crippen LogP contribution is 2.27. The molecule has 0 aliphatic carbocycles. The topological polar surface area (TPSA) is 68.0 Å². The Morgan fingerprint density at radius 1 is 1.50 bits per heavy atom. The molecular formula is C14H19N3O2S. The SMILES string of the molecule is CCCCNC(=O)[C@H](CC)Sc1nc2ncccc2o1.